The lowest BCUT2D eigenvalue weighted by molar-refractivity contribution is -0.137. The van der Waals surface area contributed by atoms with Crippen molar-refractivity contribution in [3.63, 3.8) is 0 Å². The lowest BCUT2D eigenvalue weighted by Crippen LogP contribution is -2.35. The number of rotatable bonds is 12. The zero-order valence-electron chi connectivity index (χ0n) is 26.7. The summed E-state index contributed by atoms with van der Waals surface area (Å²) in [6.45, 7) is 13.0. The summed E-state index contributed by atoms with van der Waals surface area (Å²) in [5.41, 5.74) is 1.22. The second-order valence-electron chi connectivity index (χ2n) is 11.1. The van der Waals surface area contributed by atoms with Crippen LogP contribution in [0.25, 0.3) is 23.9 Å². The van der Waals surface area contributed by atoms with Gasteiger partial charge in [0.15, 0.2) is 5.78 Å². The first-order valence-corrected chi connectivity index (χ1v) is 15.1. The van der Waals surface area contributed by atoms with Gasteiger partial charge in [-0.3, -0.25) is 9.59 Å². The van der Waals surface area contributed by atoms with Crippen LogP contribution in [-0.2, 0) is 6.18 Å². The first kappa shape index (κ1) is 37.2. The zero-order valence-corrected chi connectivity index (χ0v) is 26.7. The molecule has 2 N–H and O–H groups in total. The molecule has 3 aromatic carbocycles. The van der Waals surface area contributed by atoms with Crippen molar-refractivity contribution in [3.05, 3.63) is 93.1 Å². The molecule has 3 rings (SSSR count). The molecule has 1 amide bonds. The number of nitrogens with one attached hydrogen (secondary N) is 1. The number of halogens is 4. The highest BCUT2D eigenvalue weighted by atomic mass is 19.4. The molecule has 9 heteroatoms. The predicted molar refractivity (Wildman–Crippen MR) is 173 cm³/mol. The highest BCUT2D eigenvalue weighted by Gasteiger charge is 2.30. The Balaban J connectivity index is 0.000000320. The Hall–Kier alpha value is -3.98. The quantitative estimate of drug-likeness (QED) is 0.173. The molecule has 5 nitrogen and oxygen atoms in total. The summed E-state index contributed by atoms with van der Waals surface area (Å²) in [7, 11) is 2.09. The summed E-state index contributed by atoms with van der Waals surface area (Å²) >= 11 is 0. The van der Waals surface area contributed by atoms with Crippen LogP contribution in [0.15, 0.2) is 54.6 Å². The lowest BCUT2D eigenvalue weighted by atomic mass is 9.98. The minimum absolute atomic E-state index is 0.0594. The fraction of sp³-hybridized carbons (Fsp3) is 0.389. The Labute approximate surface area is 263 Å². The second-order valence-corrected chi connectivity index (χ2v) is 11.1. The van der Waals surface area contributed by atoms with E-state index in [4.69, 9.17) is 5.11 Å². The van der Waals surface area contributed by atoms with Gasteiger partial charge in [-0.15, -0.1) is 0 Å². The number of hydrogen-bond acceptors (Lipinski definition) is 4. The van der Waals surface area contributed by atoms with Crippen LogP contribution in [0.1, 0.15) is 78.3 Å². The first-order chi connectivity index (χ1) is 21.2. The number of aliphatic hydroxyl groups is 1. The Morgan fingerprint density at radius 3 is 2.18 bits per heavy atom. The van der Waals surface area contributed by atoms with Crippen LogP contribution in [0.2, 0.25) is 0 Å². The van der Waals surface area contributed by atoms with Crippen molar-refractivity contribution in [3.8, 4) is 11.1 Å². The van der Waals surface area contributed by atoms with Gasteiger partial charge in [0, 0.05) is 37.1 Å². The van der Waals surface area contributed by atoms with Gasteiger partial charge in [-0.1, -0.05) is 57.5 Å². The van der Waals surface area contributed by atoms with E-state index >= 15 is 0 Å². The van der Waals surface area contributed by atoms with Gasteiger partial charge in [-0.2, -0.15) is 13.2 Å². The maximum Gasteiger partial charge on any atom is 0.416 e. The van der Waals surface area contributed by atoms with E-state index < -0.39 is 23.3 Å². The van der Waals surface area contributed by atoms with Crippen molar-refractivity contribution >= 4 is 24.5 Å². The number of hydrogen-bond donors (Lipinski definition) is 2. The molecule has 45 heavy (non-hydrogen) atoms. The number of carbonyl (C=O) groups excluding carboxylic acids is 2. The number of alkyl halides is 3. The maximum absolute atomic E-state index is 13.7. The summed E-state index contributed by atoms with van der Waals surface area (Å²) in [6, 6.07) is 12.1. The summed E-state index contributed by atoms with van der Waals surface area (Å²) in [5.74, 6) is -0.634. The molecule has 0 fully saturated rings. The van der Waals surface area contributed by atoms with Crippen LogP contribution in [0.3, 0.4) is 0 Å². The highest BCUT2D eigenvalue weighted by molar-refractivity contribution is 5.96. The SMILES string of the molecule is C=c1ccc(C(=O)NCCO)c(C)/c1=C/N(C)CC(CCC)CCC.CC(=O)c1ccc(-c2cccc(C(F)(F)F)c2)cc1F. The number of aliphatic hydroxyl groups excluding tert-OH is 1. The van der Waals surface area contributed by atoms with Crippen LogP contribution in [0, 0.1) is 18.7 Å². The summed E-state index contributed by atoms with van der Waals surface area (Å²) in [5, 5.41) is 13.5. The third-order valence-corrected chi connectivity index (χ3v) is 7.41. The third kappa shape index (κ3) is 11.2. The molecule has 244 valence electrons. The Bertz CT molecular complexity index is 1550. The topological polar surface area (TPSA) is 69.6 Å². The van der Waals surface area contributed by atoms with Crippen LogP contribution in [-0.4, -0.2) is 48.4 Å². The number of amides is 1. The van der Waals surface area contributed by atoms with Crippen LogP contribution >= 0.6 is 0 Å². The number of Topliss-reactive ketones (excluding diaryl/α,β-unsaturated/α-hetero) is 1. The molecule has 3 aromatic rings. The van der Waals surface area contributed by atoms with Gasteiger partial charge in [0.1, 0.15) is 5.82 Å². The largest absolute Gasteiger partial charge is 0.416 e. The third-order valence-electron chi connectivity index (χ3n) is 7.41. The fourth-order valence-corrected chi connectivity index (χ4v) is 5.15. The van der Waals surface area contributed by atoms with Gasteiger partial charge in [0.05, 0.1) is 17.7 Å². The predicted octanol–water partition coefficient (Wildman–Crippen LogP) is 6.73. The van der Waals surface area contributed by atoms with Crippen molar-refractivity contribution in [2.24, 2.45) is 5.92 Å². The van der Waals surface area contributed by atoms with E-state index in [0.717, 1.165) is 40.7 Å². The molecule has 0 saturated carbocycles. The number of benzene rings is 3. The molecule has 0 heterocycles. The summed E-state index contributed by atoms with van der Waals surface area (Å²) in [6.07, 6.45) is 2.56. The van der Waals surface area contributed by atoms with Gasteiger partial charge in [-0.05, 0) is 84.8 Å². The van der Waals surface area contributed by atoms with E-state index in [1.807, 2.05) is 13.0 Å². The molecular weight excluding hydrogens is 584 g/mol. The van der Waals surface area contributed by atoms with Gasteiger partial charge >= 0.3 is 6.18 Å². The molecule has 0 aliphatic heterocycles. The van der Waals surface area contributed by atoms with Gasteiger partial charge in [0.25, 0.3) is 5.91 Å². The number of carbonyl (C=O) groups is 2. The van der Waals surface area contributed by atoms with Crippen molar-refractivity contribution in [1.29, 1.82) is 0 Å². The molecule has 0 radical (unpaired) electrons. The first-order valence-electron chi connectivity index (χ1n) is 15.1. The molecule has 0 bridgehead atoms. The fourth-order valence-electron chi connectivity index (χ4n) is 5.15. The molecular formula is C36H44F4N2O3. The van der Waals surface area contributed by atoms with E-state index in [-0.39, 0.29) is 30.2 Å². The van der Waals surface area contributed by atoms with Crippen molar-refractivity contribution in [2.75, 3.05) is 26.7 Å². The van der Waals surface area contributed by atoms with Crippen LogP contribution in [0.5, 0.6) is 0 Å². The lowest BCUT2D eigenvalue weighted by Gasteiger charge is -2.22. The molecule has 0 spiro atoms. The van der Waals surface area contributed by atoms with E-state index in [0.29, 0.717) is 17.0 Å². The van der Waals surface area contributed by atoms with E-state index in [1.54, 1.807) is 6.07 Å². The summed E-state index contributed by atoms with van der Waals surface area (Å²) < 4.78 is 51.5. The minimum Gasteiger partial charge on any atom is -0.395 e. The van der Waals surface area contributed by atoms with E-state index in [9.17, 15) is 27.2 Å². The Morgan fingerprint density at radius 2 is 1.62 bits per heavy atom. The Morgan fingerprint density at radius 1 is 1.00 bits per heavy atom. The standard InChI is InChI=1S/C21H34N2O2.C15H10F4O/c1-6-8-18(9-7-2)14-23(5)15-20-16(3)10-11-19(17(20)4)21(25)22-12-13-24;1-9(20)13-6-5-11(8-14(13)16)10-3-2-4-12(7-10)15(17,18)19/h10-11,15,18,24H,3,6-9,12-14H2,1-2,4-5H3,(H,22,25);2-8H,1H3/b20-15+;. The van der Waals surface area contributed by atoms with Gasteiger partial charge < -0.3 is 15.3 Å². The van der Waals surface area contributed by atoms with Crippen molar-refractivity contribution in [1.82, 2.24) is 10.2 Å². The average molecular weight is 629 g/mol. The molecule has 0 aliphatic rings. The molecule has 0 aliphatic carbocycles. The summed E-state index contributed by atoms with van der Waals surface area (Å²) in [4.78, 5) is 25.6. The van der Waals surface area contributed by atoms with E-state index in [1.165, 1.54) is 56.9 Å². The maximum atomic E-state index is 13.7. The van der Waals surface area contributed by atoms with Crippen molar-refractivity contribution < 1.29 is 32.3 Å². The van der Waals surface area contributed by atoms with Gasteiger partial charge in [-0.25, -0.2) is 4.39 Å². The van der Waals surface area contributed by atoms with Gasteiger partial charge in [0.2, 0.25) is 0 Å². The number of nitrogens with zero attached hydrogens (tertiary/aromatic N) is 1. The number of ketones is 1. The highest BCUT2D eigenvalue weighted by Crippen LogP contribution is 2.32. The zero-order chi connectivity index (χ0) is 33.7. The average Bonchev–Trinajstić information content (AvgIpc) is 2.98. The van der Waals surface area contributed by atoms with E-state index in [2.05, 4.69) is 43.9 Å². The monoisotopic (exact) mass is 628 g/mol. The second kappa shape index (κ2) is 17.5. The normalized spacial score (nSPS) is 11.7. The molecule has 0 unspecified atom stereocenters. The minimum atomic E-state index is -4.45. The smallest absolute Gasteiger partial charge is 0.395 e. The van der Waals surface area contributed by atoms with Crippen molar-refractivity contribution in [2.45, 2.75) is 59.6 Å². The Kier molecular flexibility index (Phi) is 14.5. The molecule has 0 aromatic heterocycles. The van der Waals surface area contributed by atoms with Crippen LogP contribution < -0.4 is 15.8 Å². The molecule has 0 atom stereocenters. The van der Waals surface area contributed by atoms with Crippen LogP contribution in [0.4, 0.5) is 17.6 Å². The molecule has 0 saturated heterocycles.